The van der Waals surface area contributed by atoms with Gasteiger partial charge in [0.15, 0.2) is 0 Å². The molecule has 2 heteroatoms. The Morgan fingerprint density at radius 2 is 0.810 bits per heavy atom. The number of hydrogen-bond acceptors (Lipinski definition) is 1. The van der Waals surface area contributed by atoms with E-state index in [1.807, 2.05) is 0 Å². The van der Waals surface area contributed by atoms with Gasteiger partial charge in [-0.15, -0.1) is 0 Å². The van der Waals surface area contributed by atoms with E-state index < -0.39 is 0 Å². The average Bonchev–Trinajstić information content (AvgIpc) is 3.65. The van der Waals surface area contributed by atoms with Crippen molar-refractivity contribution < 1.29 is 0 Å². The van der Waals surface area contributed by atoms with Gasteiger partial charge < -0.3 is 9.47 Å². The summed E-state index contributed by atoms with van der Waals surface area (Å²) in [6, 6.07) is 83.6. The maximum Gasteiger partial charge on any atom is 0.0547 e. The normalized spacial score (nSPS) is 11.4. The minimum absolute atomic E-state index is 1.08. The van der Waals surface area contributed by atoms with Gasteiger partial charge in [-0.3, -0.25) is 0 Å². The first-order valence-corrected chi connectivity index (χ1v) is 19.9. The third-order valence-electron chi connectivity index (χ3n) is 11.6. The van der Waals surface area contributed by atoms with Crippen molar-refractivity contribution >= 4 is 60.4 Å². The van der Waals surface area contributed by atoms with E-state index in [1.165, 1.54) is 76.7 Å². The zero-order valence-corrected chi connectivity index (χ0v) is 31.8. The van der Waals surface area contributed by atoms with E-state index in [0.717, 1.165) is 22.7 Å². The lowest BCUT2D eigenvalue weighted by molar-refractivity contribution is 1.17. The van der Waals surface area contributed by atoms with E-state index in [0.29, 0.717) is 0 Å². The minimum atomic E-state index is 1.08. The van der Waals surface area contributed by atoms with Gasteiger partial charge in [-0.1, -0.05) is 176 Å². The van der Waals surface area contributed by atoms with Gasteiger partial charge in [0.05, 0.1) is 11.0 Å². The van der Waals surface area contributed by atoms with Crippen molar-refractivity contribution in [3.8, 4) is 39.1 Å². The smallest absolute Gasteiger partial charge is 0.0547 e. The number of anilines is 3. The molecule has 58 heavy (non-hydrogen) atoms. The van der Waals surface area contributed by atoms with Gasteiger partial charge in [0.1, 0.15) is 0 Å². The highest BCUT2D eigenvalue weighted by Gasteiger charge is 2.20. The lowest BCUT2D eigenvalue weighted by atomic mass is 9.97. The summed E-state index contributed by atoms with van der Waals surface area (Å²) in [6.45, 7) is 0. The third-order valence-corrected chi connectivity index (χ3v) is 11.6. The van der Waals surface area contributed by atoms with Gasteiger partial charge in [0.2, 0.25) is 0 Å². The molecule has 272 valence electrons. The van der Waals surface area contributed by atoms with E-state index in [4.69, 9.17) is 0 Å². The summed E-state index contributed by atoms with van der Waals surface area (Å²) in [4.78, 5) is 2.38. The van der Waals surface area contributed by atoms with Gasteiger partial charge in [-0.2, -0.15) is 0 Å². The van der Waals surface area contributed by atoms with Crippen molar-refractivity contribution in [3.63, 3.8) is 0 Å². The lowest BCUT2D eigenvalue weighted by Crippen LogP contribution is -2.10. The monoisotopic (exact) mass is 738 g/mol. The molecule has 0 fully saturated rings. The Balaban J connectivity index is 1.10. The van der Waals surface area contributed by atoms with Gasteiger partial charge >= 0.3 is 0 Å². The third kappa shape index (κ3) is 5.74. The Morgan fingerprint density at radius 3 is 1.55 bits per heavy atom. The molecule has 0 saturated carbocycles. The molecule has 0 radical (unpaired) electrons. The predicted octanol–water partition coefficient (Wildman–Crippen LogP) is 15.6. The maximum atomic E-state index is 2.45. The van der Waals surface area contributed by atoms with Crippen LogP contribution >= 0.6 is 0 Å². The fraction of sp³-hybridized carbons (Fsp3) is 0. The standard InChI is InChI=1S/C56H38N2/c1-3-14-39(15-4-1)40-28-33-45(34-29-40)57(46-35-30-44(31-36-46)50-25-11-20-41-18-7-9-23-49(41)50)47-21-12-22-48(38-47)58-53-27-13-26-52(42-16-5-2-6-17-42)55(53)56-51-24-10-8-19-43(51)32-37-54(56)58/h1-38H. The molecule has 1 aromatic heterocycles. The van der Waals surface area contributed by atoms with Crippen LogP contribution in [0.1, 0.15) is 0 Å². The van der Waals surface area contributed by atoms with Crippen LogP contribution in [0.25, 0.3) is 82.4 Å². The fourth-order valence-electron chi connectivity index (χ4n) is 8.88. The van der Waals surface area contributed by atoms with E-state index in [1.54, 1.807) is 0 Å². The van der Waals surface area contributed by atoms with Crippen molar-refractivity contribution in [2.75, 3.05) is 4.90 Å². The highest BCUT2D eigenvalue weighted by atomic mass is 15.1. The van der Waals surface area contributed by atoms with Crippen LogP contribution < -0.4 is 4.90 Å². The van der Waals surface area contributed by atoms with Crippen LogP contribution in [0.3, 0.4) is 0 Å². The summed E-state index contributed by atoms with van der Waals surface area (Å²) in [6.07, 6.45) is 0. The Morgan fingerprint density at radius 1 is 0.293 bits per heavy atom. The molecule has 10 aromatic carbocycles. The number of aromatic nitrogens is 1. The van der Waals surface area contributed by atoms with Crippen molar-refractivity contribution in [3.05, 3.63) is 231 Å². The molecule has 11 aromatic rings. The average molecular weight is 739 g/mol. The van der Waals surface area contributed by atoms with E-state index >= 15 is 0 Å². The van der Waals surface area contributed by atoms with Gasteiger partial charge in [0, 0.05) is 33.5 Å². The highest BCUT2D eigenvalue weighted by molar-refractivity contribution is 6.25. The molecule has 0 aliphatic carbocycles. The molecule has 0 unspecified atom stereocenters. The zero-order chi connectivity index (χ0) is 38.4. The van der Waals surface area contributed by atoms with Crippen LogP contribution in [-0.2, 0) is 0 Å². The molecule has 0 N–H and O–H groups in total. The highest BCUT2D eigenvalue weighted by Crippen LogP contribution is 2.43. The van der Waals surface area contributed by atoms with Crippen LogP contribution in [0.15, 0.2) is 231 Å². The Kier molecular flexibility index (Phi) is 8.19. The fourth-order valence-corrected chi connectivity index (χ4v) is 8.88. The summed E-state index contributed by atoms with van der Waals surface area (Å²) in [5.41, 5.74) is 14.0. The second-order valence-corrected chi connectivity index (χ2v) is 14.9. The first-order valence-electron chi connectivity index (χ1n) is 19.9. The molecular formula is C56H38N2. The van der Waals surface area contributed by atoms with Gasteiger partial charge in [0.25, 0.3) is 0 Å². The summed E-state index contributed by atoms with van der Waals surface area (Å²) in [5, 5.41) is 7.54. The van der Waals surface area contributed by atoms with Crippen molar-refractivity contribution in [2.45, 2.75) is 0 Å². The van der Waals surface area contributed by atoms with Gasteiger partial charge in [-0.25, -0.2) is 0 Å². The molecule has 0 aliphatic heterocycles. The van der Waals surface area contributed by atoms with Gasteiger partial charge in [-0.05, 0) is 110 Å². The first kappa shape index (κ1) is 33.6. The minimum Gasteiger partial charge on any atom is -0.310 e. The van der Waals surface area contributed by atoms with Crippen LogP contribution in [0.5, 0.6) is 0 Å². The number of fused-ring (bicyclic) bond motifs is 6. The maximum absolute atomic E-state index is 2.45. The molecule has 2 nitrogen and oxygen atoms in total. The number of nitrogens with zero attached hydrogens (tertiary/aromatic N) is 2. The summed E-state index contributed by atoms with van der Waals surface area (Å²) >= 11 is 0. The van der Waals surface area contributed by atoms with Crippen LogP contribution in [0, 0.1) is 0 Å². The number of rotatable bonds is 7. The second kappa shape index (κ2) is 14.1. The van der Waals surface area contributed by atoms with E-state index in [-0.39, 0.29) is 0 Å². The predicted molar refractivity (Wildman–Crippen MR) is 247 cm³/mol. The molecule has 0 aliphatic rings. The molecule has 0 saturated heterocycles. The van der Waals surface area contributed by atoms with Crippen molar-refractivity contribution in [1.29, 1.82) is 0 Å². The molecular weight excluding hydrogens is 701 g/mol. The molecule has 0 spiro atoms. The van der Waals surface area contributed by atoms with E-state index in [2.05, 4.69) is 240 Å². The van der Waals surface area contributed by atoms with Crippen LogP contribution in [-0.4, -0.2) is 4.57 Å². The largest absolute Gasteiger partial charge is 0.310 e. The quantitative estimate of drug-likeness (QED) is 0.158. The molecule has 11 rings (SSSR count). The van der Waals surface area contributed by atoms with Crippen molar-refractivity contribution in [2.24, 2.45) is 0 Å². The molecule has 0 bridgehead atoms. The zero-order valence-electron chi connectivity index (χ0n) is 31.8. The van der Waals surface area contributed by atoms with Crippen LogP contribution in [0.2, 0.25) is 0 Å². The van der Waals surface area contributed by atoms with Crippen LogP contribution in [0.4, 0.5) is 17.1 Å². The Hall–Kier alpha value is -7.68. The molecule has 1 heterocycles. The number of benzene rings is 10. The SMILES string of the molecule is c1ccc(-c2ccc(N(c3ccc(-c4cccc5ccccc45)cc3)c3cccc(-n4c5cccc(-c6ccccc6)c5c5c6ccccc6ccc54)c3)cc2)cc1. The first-order chi connectivity index (χ1) is 28.8. The lowest BCUT2D eigenvalue weighted by Gasteiger charge is -2.27. The Labute approximate surface area is 338 Å². The summed E-state index contributed by atoms with van der Waals surface area (Å²) in [7, 11) is 0. The molecule has 0 atom stereocenters. The number of hydrogen-bond donors (Lipinski definition) is 0. The van der Waals surface area contributed by atoms with Crippen molar-refractivity contribution in [1.82, 2.24) is 4.57 Å². The summed E-state index contributed by atoms with van der Waals surface area (Å²) < 4.78 is 2.45. The topological polar surface area (TPSA) is 8.17 Å². The molecule has 0 amide bonds. The Bertz CT molecular complexity index is 3250. The summed E-state index contributed by atoms with van der Waals surface area (Å²) in [5.74, 6) is 0. The second-order valence-electron chi connectivity index (χ2n) is 14.9. The van der Waals surface area contributed by atoms with E-state index in [9.17, 15) is 0 Å².